The molecule has 13 nitrogen and oxygen atoms in total. The molecule has 366 valence electrons. The number of methoxy groups -OCH3 is 3. The lowest BCUT2D eigenvalue weighted by Crippen LogP contribution is -2.57. The lowest BCUT2D eigenvalue weighted by molar-refractivity contribution is -0.265. The van der Waals surface area contributed by atoms with E-state index in [9.17, 15) is 39.3 Å². The Bertz CT molecular complexity index is 1750. The Morgan fingerprint density at radius 3 is 2.15 bits per heavy atom. The number of carbonyl (C=O) groups is 5. The first-order chi connectivity index (χ1) is 30.7. The van der Waals surface area contributed by atoms with Crippen molar-refractivity contribution in [2.75, 3.05) is 21.3 Å². The summed E-state index contributed by atoms with van der Waals surface area (Å²) in [5.74, 6) is -9.53. The van der Waals surface area contributed by atoms with Crippen molar-refractivity contribution in [3.8, 4) is 0 Å². The molecule has 3 fully saturated rings. The molecule has 2 aliphatic carbocycles. The van der Waals surface area contributed by atoms with E-state index in [1.54, 1.807) is 41.1 Å². The zero-order valence-electron chi connectivity index (χ0n) is 40.7. The second-order valence-electron chi connectivity index (χ2n) is 19.9. The van der Waals surface area contributed by atoms with Crippen molar-refractivity contribution >= 4 is 29.1 Å². The highest BCUT2D eigenvalue weighted by Gasteiger charge is 2.53. The predicted octanol–water partition coefficient (Wildman–Crippen LogP) is 7.18. The molecule has 0 aromatic heterocycles. The first kappa shape index (κ1) is 54.4. The van der Waals surface area contributed by atoms with Crippen LogP contribution >= 0.6 is 0 Å². The van der Waals surface area contributed by atoms with Crippen LogP contribution in [-0.2, 0) is 47.7 Å². The SMILES string of the molecule is COC1CC2CCC(C)C(O)(O2)C(=O)C(=O)C2CCCCC2C(=O)OC(C(C)CC2CCC(O)C(OC)C2)CC(=O)C(C)/C=C(\C)C(O)C(OC)C(=O)C(C)CC(C)/C=C/C=C/C=C/1C. The fourth-order valence-corrected chi connectivity index (χ4v) is 10.5. The molecule has 0 spiro atoms. The van der Waals surface area contributed by atoms with Gasteiger partial charge >= 0.3 is 5.97 Å². The second kappa shape index (κ2) is 25.3. The summed E-state index contributed by atoms with van der Waals surface area (Å²) >= 11 is 0. The van der Waals surface area contributed by atoms with Crippen LogP contribution in [0, 0.1) is 47.3 Å². The zero-order chi connectivity index (χ0) is 48.2. The largest absolute Gasteiger partial charge is 0.461 e. The Morgan fingerprint density at radius 2 is 1.49 bits per heavy atom. The van der Waals surface area contributed by atoms with Crippen LogP contribution in [-0.4, -0.2) is 114 Å². The molecule has 4 rings (SSSR count). The number of carbonyl (C=O) groups excluding carboxylic acids is 5. The third-order valence-corrected chi connectivity index (χ3v) is 14.9. The Balaban J connectivity index is 1.70. The fourth-order valence-electron chi connectivity index (χ4n) is 10.5. The van der Waals surface area contributed by atoms with Crippen molar-refractivity contribution in [1.82, 2.24) is 0 Å². The van der Waals surface area contributed by atoms with Crippen molar-refractivity contribution in [3.05, 3.63) is 47.6 Å². The molecule has 4 aliphatic rings. The molecule has 2 bridgehead atoms. The quantitative estimate of drug-likeness (QED) is 0.138. The highest BCUT2D eigenvalue weighted by Crippen LogP contribution is 2.40. The van der Waals surface area contributed by atoms with Crippen LogP contribution in [0.5, 0.6) is 0 Å². The summed E-state index contributed by atoms with van der Waals surface area (Å²) in [6.07, 6.45) is 11.8. The first-order valence-electron chi connectivity index (χ1n) is 24.2. The molecule has 2 saturated carbocycles. The van der Waals surface area contributed by atoms with Gasteiger partial charge in [0.1, 0.15) is 24.1 Å². The van der Waals surface area contributed by atoms with E-state index < -0.39 is 89.5 Å². The van der Waals surface area contributed by atoms with E-state index in [-0.39, 0.29) is 48.3 Å². The van der Waals surface area contributed by atoms with Crippen molar-refractivity contribution in [2.45, 2.75) is 180 Å². The van der Waals surface area contributed by atoms with E-state index in [0.29, 0.717) is 69.8 Å². The fraction of sp³-hybridized carbons (Fsp3) is 0.750. The summed E-state index contributed by atoms with van der Waals surface area (Å²) in [6.45, 7) is 12.7. The Hall–Kier alpha value is -3.17. The number of ketones is 4. The van der Waals surface area contributed by atoms with Crippen LogP contribution in [0.4, 0.5) is 0 Å². The van der Waals surface area contributed by atoms with Crippen LogP contribution in [0.25, 0.3) is 0 Å². The van der Waals surface area contributed by atoms with Gasteiger partial charge in [-0.15, -0.1) is 0 Å². The number of aliphatic hydroxyl groups is 3. The number of esters is 1. The second-order valence-corrected chi connectivity index (χ2v) is 19.9. The number of fused-ring (bicyclic) bond motifs is 3. The maximum Gasteiger partial charge on any atom is 0.309 e. The van der Waals surface area contributed by atoms with E-state index in [1.807, 2.05) is 58.1 Å². The minimum Gasteiger partial charge on any atom is -0.461 e. The van der Waals surface area contributed by atoms with Crippen molar-refractivity contribution in [3.63, 3.8) is 0 Å². The van der Waals surface area contributed by atoms with Crippen molar-refractivity contribution in [1.29, 1.82) is 0 Å². The first-order valence-corrected chi connectivity index (χ1v) is 24.2. The summed E-state index contributed by atoms with van der Waals surface area (Å²) in [7, 11) is 4.53. The lowest BCUT2D eigenvalue weighted by atomic mass is 9.73. The third-order valence-electron chi connectivity index (χ3n) is 14.9. The molecule has 2 heterocycles. The minimum atomic E-state index is -2.39. The molecule has 13 heteroatoms. The van der Waals surface area contributed by atoms with Crippen molar-refractivity contribution < 1.29 is 63.0 Å². The summed E-state index contributed by atoms with van der Waals surface area (Å²) < 4.78 is 29.4. The van der Waals surface area contributed by atoms with Crippen LogP contribution < -0.4 is 0 Å². The minimum absolute atomic E-state index is 0.0223. The summed E-state index contributed by atoms with van der Waals surface area (Å²) in [5.41, 5.74) is 1.28. The monoisotopic (exact) mass is 913 g/mol. The molecule has 16 atom stereocenters. The highest BCUT2D eigenvalue weighted by molar-refractivity contribution is 6.41. The van der Waals surface area contributed by atoms with Gasteiger partial charge in [-0.25, -0.2) is 0 Å². The summed E-state index contributed by atoms with van der Waals surface area (Å²) in [6, 6.07) is 0. The van der Waals surface area contributed by atoms with Gasteiger partial charge in [0.2, 0.25) is 11.6 Å². The number of allylic oxidation sites excluding steroid dienone is 6. The Morgan fingerprint density at radius 1 is 0.800 bits per heavy atom. The molecule has 0 radical (unpaired) electrons. The van der Waals surface area contributed by atoms with Gasteiger partial charge in [-0.1, -0.05) is 83.9 Å². The van der Waals surface area contributed by atoms with Gasteiger partial charge in [-0.3, -0.25) is 24.0 Å². The molecule has 0 aromatic rings. The number of aliphatic hydroxyl groups excluding tert-OH is 2. The molecular weight excluding hydrogens is 833 g/mol. The van der Waals surface area contributed by atoms with Gasteiger partial charge in [0, 0.05) is 57.8 Å². The average molecular weight is 913 g/mol. The van der Waals surface area contributed by atoms with E-state index in [0.717, 1.165) is 12.0 Å². The number of Topliss-reactive ketones (excluding diaryl/α,β-unsaturated/α-hetero) is 4. The average Bonchev–Trinajstić information content (AvgIpc) is 3.28. The number of rotatable bonds is 6. The molecule has 65 heavy (non-hydrogen) atoms. The van der Waals surface area contributed by atoms with Gasteiger partial charge in [0.05, 0.1) is 30.3 Å². The molecule has 0 aromatic carbocycles. The van der Waals surface area contributed by atoms with E-state index in [1.165, 1.54) is 7.11 Å². The van der Waals surface area contributed by atoms with E-state index in [4.69, 9.17) is 23.7 Å². The molecule has 3 N–H and O–H groups in total. The topological polar surface area (TPSA) is 192 Å². The lowest BCUT2D eigenvalue weighted by Gasteiger charge is -2.42. The number of hydrogen-bond acceptors (Lipinski definition) is 13. The number of ether oxygens (including phenoxy) is 5. The molecule has 2 aliphatic heterocycles. The van der Waals surface area contributed by atoms with Gasteiger partial charge in [-0.05, 0) is 101 Å². The summed E-state index contributed by atoms with van der Waals surface area (Å²) in [4.78, 5) is 70.8. The van der Waals surface area contributed by atoms with Crippen molar-refractivity contribution in [2.24, 2.45) is 47.3 Å². The van der Waals surface area contributed by atoms with E-state index in [2.05, 4.69) is 0 Å². The molecule has 16 unspecified atom stereocenters. The van der Waals surface area contributed by atoms with Gasteiger partial charge in [0.25, 0.3) is 5.78 Å². The Kier molecular flexibility index (Phi) is 21.2. The normalized spacial score (nSPS) is 41.5. The highest BCUT2D eigenvalue weighted by atomic mass is 16.6. The smallest absolute Gasteiger partial charge is 0.309 e. The van der Waals surface area contributed by atoms with E-state index >= 15 is 0 Å². The van der Waals surface area contributed by atoms with Gasteiger partial charge in [-0.2, -0.15) is 0 Å². The maximum absolute atomic E-state index is 14.4. The van der Waals surface area contributed by atoms with Crippen LogP contribution in [0.2, 0.25) is 0 Å². The molecule has 0 amide bonds. The predicted molar refractivity (Wildman–Crippen MR) is 246 cm³/mol. The summed E-state index contributed by atoms with van der Waals surface area (Å²) in [5, 5.41) is 33.9. The van der Waals surface area contributed by atoms with Crippen LogP contribution in [0.3, 0.4) is 0 Å². The molecular formula is C52H80O13. The zero-order valence-corrected chi connectivity index (χ0v) is 40.7. The van der Waals surface area contributed by atoms with Gasteiger partial charge < -0.3 is 39.0 Å². The number of hydrogen-bond donors (Lipinski definition) is 3. The maximum atomic E-state index is 14.4. The molecule has 1 saturated heterocycles. The van der Waals surface area contributed by atoms with Gasteiger partial charge in [0.15, 0.2) is 5.78 Å². The standard InChI is InChI=1S/C52H80O13/c1-30-16-12-11-13-17-31(2)43(61-8)28-38-22-20-36(7)52(60,65-38)50(58)48(57)39-18-14-15-19-40(39)51(59)64-44(33(4)26-37-21-23-41(53)45(27-37)62-9)29-42(54)32(3)25-35(6)47(56)49(63-10)46(55)34(5)24-30/h11-13,16-17,25,30,32-34,36-41,43-45,47,49,53,56,60H,14-15,18-24,26-29H2,1-10H3/b13-11+,16-12+,31-17+,35-25+. The third kappa shape index (κ3) is 14.4. The Labute approximate surface area is 387 Å². The van der Waals surface area contributed by atoms with Crippen LogP contribution in [0.1, 0.15) is 132 Å². The van der Waals surface area contributed by atoms with Crippen LogP contribution in [0.15, 0.2) is 47.6 Å². The number of cyclic esters (lactones) is 1.